The smallest absolute Gasteiger partial charge is 1.00 e. The van der Waals surface area contributed by atoms with Crippen LogP contribution in [0.3, 0.4) is 0 Å². The molecule has 0 unspecified atom stereocenters. The van der Waals surface area contributed by atoms with Crippen LogP contribution in [0, 0.1) is 0 Å². The van der Waals surface area contributed by atoms with Crippen LogP contribution in [0.1, 0.15) is 25.3 Å². The maximum Gasteiger partial charge on any atom is 3.00 e. The zero-order valence-corrected chi connectivity index (χ0v) is 11.3. The predicted molar refractivity (Wildman–Crippen MR) is 53.6 cm³/mol. The molecule has 1 radical (unpaired) electrons. The molecule has 0 saturated carbocycles. The van der Waals surface area contributed by atoms with Crippen LogP contribution < -0.4 is 9.41 Å². The first kappa shape index (κ1) is 17.0. The minimum atomic E-state index is 0. The van der Waals surface area contributed by atoms with E-state index in [1.165, 1.54) is 16.3 Å². The first-order valence-corrected chi connectivity index (χ1v) is 4.43. The molecule has 0 aliphatic heterocycles. The summed E-state index contributed by atoms with van der Waals surface area (Å²) in [5, 5.41) is 2.72. The molecule has 0 nitrogen and oxygen atoms in total. The largest absolute Gasteiger partial charge is 3.00 e. The summed E-state index contributed by atoms with van der Waals surface area (Å²) in [6, 6.07) is 13.1. The molecule has 0 amide bonds. The van der Waals surface area contributed by atoms with Crippen LogP contribution in [0.2, 0.25) is 0 Å². The van der Waals surface area contributed by atoms with Crippen molar-refractivity contribution in [2.45, 2.75) is 19.8 Å². The number of hydrogen-bond donors (Lipinski definition) is 0. The van der Waals surface area contributed by atoms with E-state index in [2.05, 4.69) is 50.2 Å². The molecule has 0 aliphatic carbocycles. The number of halogens is 2. The van der Waals surface area contributed by atoms with E-state index in [9.17, 15) is 0 Å². The molecule has 0 saturated heterocycles. The molecule has 0 heterocycles. The Morgan fingerprint density at radius 2 is 1.67 bits per heavy atom. The fraction of sp³-hybridized carbons (Fsp3) is 0.250. The van der Waals surface area contributed by atoms with Gasteiger partial charge in [0, 0.05) is 0 Å². The third-order valence-electron chi connectivity index (χ3n) is 2.31. The second-order valence-corrected chi connectivity index (χ2v) is 3.57. The topological polar surface area (TPSA) is 0 Å². The van der Waals surface area contributed by atoms with Crippen molar-refractivity contribution < 1.29 is 35.6 Å². The molecule has 0 spiro atoms. The van der Waals surface area contributed by atoms with Gasteiger partial charge in [0.25, 0.3) is 0 Å². The molecule has 2 rings (SSSR count). The van der Waals surface area contributed by atoms with Crippen LogP contribution >= 0.6 is 0 Å². The van der Waals surface area contributed by atoms with Crippen molar-refractivity contribution in [3.63, 3.8) is 0 Å². The zero-order valence-electron chi connectivity index (χ0n) is 8.80. The van der Waals surface area contributed by atoms with E-state index in [-0.39, 0.29) is 35.6 Å². The van der Waals surface area contributed by atoms with Crippen molar-refractivity contribution in [3.8, 4) is 0 Å². The normalized spacial score (nSPS) is 9.00. The zero-order chi connectivity index (χ0) is 8.55. The standard InChI is InChI=1S/C12H13.2FH.Zr/c1-9(2)12-7-10-5-3-4-6-11(10)8-12;;;/h3-9H,1-2H3;2*1H;/q-1;;;+3/p-2. The van der Waals surface area contributed by atoms with Crippen LogP contribution in [-0.2, 0) is 26.2 Å². The number of rotatable bonds is 1. The van der Waals surface area contributed by atoms with Gasteiger partial charge in [0.2, 0.25) is 0 Å². The minimum Gasteiger partial charge on any atom is -1.00 e. The van der Waals surface area contributed by atoms with Gasteiger partial charge in [-0.15, -0.1) is 40.6 Å². The Morgan fingerprint density at radius 1 is 1.07 bits per heavy atom. The molecule has 0 atom stereocenters. The summed E-state index contributed by atoms with van der Waals surface area (Å²) in [5.74, 6) is 0.636. The van der Waals surface area contributed by atoms with Crippen LogP contribution in [0.4, 0.5) is 0 Å². The Labute approximate surface area is 108 Å². The van der Waals surface area contributed by atoms with E-state index in [1.807, 2.05) is 0 Å². The third-order valence-corrected chi connectivity index (χ3v) is 2.31. The molecule has 2 aromatic rings. The number of hydrogen-bond acceptors (Lipinski definition) is 0. The molecular formula is C12H13F2Zr. The molecule has 2 aromatic carbocycles. The van der Waals surface area contributed by atoms with Crippen LogP contribution in [0.5, 0.6) is 0 Å². The minimum absolute atomic E-state index is 0. The summed E-state index contributed by atoms with van der Waals surface area (Å²) in [5.41, 5.74) is 1.44. The SMILES string of the molecule is CC(C)c1cc2ccccc2[cH-]1.[F-].[F-].[Zr+3]. The fourth-order valence-electron chi connectivity index (χ4n) is 1.51. The summed E-state index contributed by atoms with van der Waals surface area (Å²) >= 11 is 0. The van der Waals surface area contributed by atoms with Crippen molar-refractivity contribution in [1.29, 1.82) is 0 Å². The molecule has 79 valence electrons. The van der Waals surface area contributed by atoms with Gasteiger partial charge >= 0.3 is 26.2 Å². The summed E-state index contributed by atoms with van der Waals surface area (Å²) in [6.07, 6.45) is 0. The van der Waals surface area contributed by atoms with E-state index in [0.29, 0.717) is 5.92 Å². The van der Waals surface area contributed by atoms with Crippen molar-refractivity contribution in [3.05, 3.63) is 42.0 Å². The molecule has 0 N–H and O–H groups in total. The molecule has 0 fully saturated rings. The van der Waals surface area contributed by atoms with E-state index >= 15 is 0 Å². The van der Waals surface area contributed by atoms with Gasteiger partial charge in [-0.1, -0.05) is 19.9 Å². The van der Waals surface area contributed by atoms with Gasteiger partial charge in [-0.05, 0) is 5.92 Å². The van der Waals surface area contributed by atoms with Gasteiger partial charge in [-0.2, -0.15) is 6.07 Å². The average Bonchev–Trinajstić information content (AvgIpc) is 2.46. The molecule has 15 heavy (non-hydrogen) atoms. The Morgan fingerprint density at radius 3 is 2.20 bits per heavy atom. The Kier molecular flexibility index (Phi) is 7.87. The van der Waals surface area contributed by atoms with Crippen LogP contribution in [0.25, 0.3) is 10.8 Å². The van der Waals surface area contributed by atoms with Crippen molar-refractivity contribution >= 4 is 10.8 Å². The summed E-state index contributed by atoms with van der Waals surface area (Å²) in [7, 11) is 0. The van der Waals surface area contributed by atoms with Crippen LogP contribution in [-0.4, -0.2) is 0 Å². The summed E-state index contributed by atoms with van der Waals surface area (Å²) in [6.45, 7) is 4.46. The first-order chi connectivity index (χ1) is 5.77. The van der Waals surface area contributed by atoms with Gasteiger partial charge in [-0.25, -0.2) is 0 Å². The predicted octanol–water partition coefficient (Wildman–Crippen LogP) is -2.31. The molecule has 0 aliphatic rings. The second-order valence-electron chi connectivity index (χ2n) is 3.57. The quantitative estimate of drug-likeness (QED) is 0.517. The van der Waals surface area contributed by atoms with Gasteiger partial charge < -0.3 is 9.41 Å². The molecular weight excluding hydrogens is 273 g/mol. The van der Waals surface area contributed by atoms with Crippen molar-refractivity contribution in [2.24, 2.45) is 0 Å². The average molecular weight is 286 g/mol. The molecule has 0 aromatic heterocycles. The summed E-state index contributed by atoms with van der Waals surface area (Å²) < 4.78 is 0. The number of benzene rings is 1. The number of fused-ring (bicyclic) bond motifs is 1. The Hall–Kier alpha value is -0.427. The van der Waals surface area contributed by atoms with E-state index in [1.54, 1.807) is 0 Å². The van der Waals surface area contributed by atoms with Gasteiger partial charge in [0.05, 0.1) is 0 Å². The maximum absolute atomic E-state index is 2.28. The Balaban J connectivity index is 0. The van der Waals surface area contributed by atoms with Crippen molar-refractivity contribution in [1.82, 2.24) is 0 Å². The van der Waals surface area contributed by atoms with Gasteiger partial charge in [0.15, 0.2) is 0 Å². The monoisotopic (exact) mass is 285 g/mol. The first-order valence-electron chi connectivity index (χ1n) is 4.43. The van der Waals surface area contributed by atoms with E-state index in [4.69, 9.17) is 0 Å². The van der Waals surface area contributed by atoms with E-state index in [0.717, 1.165) is 0 Å². The van der Waals surface area contributed by atoms with E-state index < -0.39 is 0 Å². The third kappa shape index (κ3) is 3.57. The van der Waals surface area contributed by atoms with Gasteiger partial charge in [-0.3, -0.25) is 0 Å². The second kappa shape index (κ2) is 6.95. The van der Waals surface area contributed by atoms with Gasteiger partial charge in [0.1, 0.15) is 0 Å². The summed E-state index contributed by atoms with van der Waals surface area (Å²) in [4.78, 5) is 0. The maximum atomic E-state index is 2.28. The molecule has 3 heteroatoms. The fourth-order valence-corrected chi connectivity index (χ4v) is 1.51. The van der Waals surface area contributed by atoms with Crippen molar-refractivity contribution in [2.75, 3.05) is 0 Å². The Bertz CT molecular complexity index is 360. The van der Waals surface area contributed by atoms with Crippen LogP contribution in [0.15, 0.2) is 36.4 Å². The molecule has 0 bridgehead atoms.